The fraction of sp³-hybridized carbons (Fsp3) is 0.636. The molecular formula is C11H17N3O. The molecule has 0 bridgehead atoms. The zero-order valence-corrected chi connectivity index (χ0v) is 9.07. The average molecular weight is 207 g/mol. The molecule has 1 aliphatic carbocycles. The lowest BCUT2D eigenvalue weighted by molar-refractivity contribution is 0.320. The van der Waals surface area contributed by atoms with Gasteiger partial charge in [0.1, 0.15) is 5.82 Å². The van der Waals surface area contributed by atoms with Gasteiger partial charge in [0, 0.05) is 17.7 Å². The van der Waals surface area contributed by atoms with Gasteiger partial charge in [-0.2, -0.15) is 4.98 Å². The van der Waals surface area contributed by atoms with Crippen LogP contribution in [0.1, 0.15) is 37.1 Å². The molecule has 1 fully saturated rings. The molecule has 1 aliphatic rings. The molecular weight excluding hydrogens is 190 g/mol. The molecule has 0 unspecified atom stereocenters. The van der Waals surface area contributed by atoms with E-state index in [1.54, 1.807) is 0 Å². The van der Waals surface area contributed by atoms with Gasteiger partial charge in [-0.15, -0.1) is 0 Å². The second-order valence-electron chi connectivity index (χ2n) is 3.80. The molecule has 1 saturated carbocycles. The third-order valence-electron chi connectivity index (χ3n) is 2.48. The molecule has 0 amide bonds. The summed E-state index contributed by atoms with van der Waals surface area (Å²) in [5.41, 5.74) is 6.54. The maximum absolute atomic E-state index is 5.52. The first-order valence-corrected chi connectivity index (χ1v) is 5.53. The maximum Gasteiger partial charge on any atom is 0.219 e. The van der Waals surface area contributed by atoms with Crippen molar-refractivity contribution in [3.05, 3.63) is 17.6 Å². The fourth-order valence-corrected chi connectivity index (χ4v) is 1.53. The predicted molar refractivity (Wildman–Crippen MR) is 57.9 cm³/mol. The molecule has 1 aromatic rings. The van der Waals surface area contributed by atoms with Gasteiger partial charge >= 0.3 is 0 Å². The van der Waals surface area contributed by atoms with Gasteiger partial charge in [-0.1, -0.05) is 0 Å². The van der Waals surface area contributed by atoms with Gasteiger partial charge in [0.2, 0.25) is 5.88 Å². The summed E-state index contributed by atoms with van der Waals surface area (Å²) >= 11 is 0. The van der Waals surface area contributed by atoms with Crippen LogP contribution in [0, 0.1) is 0 Å². The van der Waals surface area contributed by atoms with Gasteiger partial charge in [-0.3, -0.25) is 0 Å². The van der Waals surface area contributed by atoms with Crippen LogP contribution < -0.4 is 10.5 Å². The van der Waals surface area contributed by atoms with E-state index in [-0.39, 0.29) is 0 Å². The molecule has 82 valence electrons. The first-order valence-electron chi connectivity index (χ1n) is 5.53. The van der Waals surface area contributed by atoms with Crippen LogP contribution in [-0.2, 0) is 6.42 Å². The molecule has 4 heteroatoms. The minimum absolute atomic E-state index is 0.566. The number of hydrogen-bond donors (Lipinski definition) is 1. The number of hydrogen-bond acceptors (Lipinski definition) is 4. The van der Waals surface area contributed by atoms with Gasteiger partial charge in [0.25, 0.3) is 0 Å². The van der Waals surface area contributed by atoms with Crippen molar-refractivity contribution in [1.29, 1.82) is 0 Å². The van der Waals surface area contributed by atoms with E-state index in [4.69, 9.17) is 10.5 Å². The van der Waals surface area contributed by atoms with Crippen molar-refractivity contribution >= 4 is 0 Å². The van der Waals surface area contributed by atoms with E-state index in [0.717, 1.165) is 23.7 Å². The van der Waals surface area contributed by atoms with Crippen molar-refractivity contribution in [2.24, 2.45) is 5.73 Å². The molecule has 0 atom stereocenters. The zero-order chi connectivity index (χ0) is 10.7. The van der Waals surface area contributed by atoms with Crippen molar-refractivity contribution in [1.82, 2.24) is 9.97 Å². The SMILES string of the molecule is CCOc1nc(C2CC2)ncc1CCN. The van der Waals surface area contributed by atoms with Gasteiger partial charge in [0.15, 0.2) is 0 Å². The van der Waals surface area contributed by atoms with Crippen LogP contribution in [0.25, 0.3) is 0 Å². The molecule has 0 spiro atoms. The topological polar surface area (TPSA) is 61.0 Å². The Morgan fingerprint density at radius 3 is 2.93 bits per heavy atom. The molecule has 0 aromatic carbocycles. The van der Waals surface area contributed by atoms with E-state index in [0.29, 0.717) is 19.1 Å². The van der Waals surface area contributed by atoms with Crippen LogP contribution in [0.2, 0.25) is 0 Å². The molecule has 2 N–H and O–H groups in total. The maximum atomic E-state index is 5.52. The van der Waals surface area contributed by atoms with E-state index in [9.17, 15) is 0 Å². The molecule has 15 heavy (non-hydrogen) atoms. The lowest BCUT2D eigenvalue weighted by Gasteiger charge is -2.09. The Morgan fingerprint density at radius 2 is 2.33 bits per heavy atom. The summed E-state index contributed by atoms with van der Waals surface area (Å²) in [6.07, 6.45) is 5.06. The smallest absolute Gasteiger partial charge is 0.219 e. The van der Waals surface area contributed by atoms with Crippen LogP contribution in [0.3, 0.4) is 0 Å². The minimum atomic E-state index is 0.566. The number of ether oxygens (including phenoxy) is 1. The largest absolute Gasteiger partial charge is 0.478 e. The zero-order valence-electron chi connectivity index (χ0n) is 9.07. The third-order valence-corrected chi connectivity index (χ3v) is 2.48. The first kappa shape index (κ1) is 10.4. The van der Waals surface area contributed by atoms with Gasteiger partial charge in [0.05, 0.1) is 6.61 Å². The van der Waals surface area contributed by atoms with Crippen LogP contribution in [0.5, 0.6) is 5.88 Å². The number of rotatable bonds is 5. The Bertz CT molecular complexity index is 337. The van der Waals surface area contributed by atoms with E-state index in [1.165, 1.54) is 12.8 Å². The standard InChI is InChI=1S/C11H17N3O/c1-2-15-11-9(5-6-12)7-13-10(14-11)8-3-4-8/h7-8H,2-6,12H2,1H3. The minimum Gasteiger partial charge on any atom is -0.478 e. The Labute approximate surface area is 89.9 Å². The molecule has 0 radical (unpaired) electrons. The number of aromatic nitrogens is 2. The van der Waals surface area contributed by atoms with Gasteiger partial charge in [-0.25, -0.2) is 4.98 Å². The summed E-state index contributed by atoms with van der Waals surface area (Å²) in [5.74, 6) is 2.22. The fourth-order valence-electron chi connectivity index (χ4n) is 1.53. The first-order chi connectivity index (χ1) is 7.35. The normalized spacial score (nSPS) is 15.3. The Morgan fingerprint density at radius 1 is 1.53 bits per heavy atom. The quantitative estimate of drug-likeness (QED) is 0.789. The molecule has 4 nitrogen and oxygen atoms in total. The van der Waals surface area contributed by atoms with Gasteiger partial charge in [-0.05, 0) is 32.7 Å². The third kappa shape index (κ3) is 2.45. The number of nitrogens with two attached hydrogens (primary N) is 1. The summed E-state index contributed by atoms with van der Waals surface area (Å²) in [4.78, 5) is 8.81. The van der Waals surface area contributed by atoms with Crippen molar-refractivity contribution in [3.8, 4) is 5.88 Å². The Balaban J connectivity index is 2.21. The number of nitrogens with zero attached hydrogens (tertiary/aromatic N) is 2. The molecule has 0 aliphatic heterocycles. The van der Waals surface area contributed by atoms with Crippen LogP contribution in [0.4, 0.5) is 0 Å². The van der Waals surface area contributed by atoms with Crippen molar-refractivity contribution < 1.29 is 4.74 Å². The Kier molecular flexibility index (Phi) is 3.16. The Hall–Kier alpha value is -1.16. The van der Waals surface area contributed by atoms with Crippen molar-refractivity contribution in [3.63, 3.8) is 0 Å². The van der Waals surface area contributed by atoms with E-state index >= 15 is 0 Å². The summed E-state index contributed by atoms with van der Waals surface area (Å²) < 4.78 is 5.50. The highest BCUT2D eigenvalue weighted by Crippen LogP contribution is 2.38. The van der Waals surface area contributed by atoms with E-state index in [1.807, 2.05) is 13.1 Å². The summed E-state index contributed by atoms with van der Waals surface area (Å²) in [6.45, 7) is 3.20. The monoisotopic (exact) mass is 207 g/mol. The molecule has 0 saturated heterocycles. The summed E-state index contributed by atoms with van der Waals surface area (Å²) in [6, 6.07) is 0. The van der Waals surface area contributed by atoms with Gasteiger partial charge < -0.3 is 10.5 Å². The van der Waals surface area contributed by atoms with E-state index < -0.39 is 0 Å². The van der Waals surface area contributed by atoms with Crippen LogP contribution in [-0.4, -0.2) is 23.1 Å². The predicted octanol–water partition coefficient (Wildman–Crippen LogP) is 1.25. The second-order valence-corrected chi connectivity index (χ2v) is 3.80. The average Bonchev–Trinajstić information content (AvgIpc) is 3.05. The molecule has 1 heterocycles. The molecule has 2 rings (SSSR count). The van der Waals surface area contributed by atoms with Crippen LogP contribution >= 0.6 is 0 Å². The van der Waals surface area contributed by atoms with Crippen molar-refractivity contribution in [2.45, 2.75) is 32.1 Å². The lowest BCUT2D eigenvalue weighted by Crippen LogP contribution is -2.08. The highest BCUT2D eigenvalue weighted by molar-refractivity contribution is 5.25. The summed E-state index contributed by atoms with van der Waals surface area (Å²) in [5, 5.41) is 0. The van der Waals surface area contributed by atoms with E-state index in [2.05, 4.69) is 9.97 Å². The highest BCUT2D eigenvalue weighted by atomic mass is 16.5. The highest BCUT2D eigenvalue weighted by Gasteiger charge is 2.27. The summed E-state index contributed by atoms with van der Waals surface area (Å²) in [7, 11) is 0. The lowest BCUT2D eigenvalue weighted by atomic mass is 10.2. The van der Waals surface area contributed by atoms with Crippen molar-refractivity contribution in [2.75, 3.05) is 13.2 Å². The molecule has 1 aromatic heterocycles. The van der Waals surface area contributed by atoms with Crippen LogP contribution in [0.15, 0.2) is 6.20 Å². The second kappa shape index (κ2) is 4.57.